The van der Waals surface area contributed by atoms with Crippen molar-refractivity contribution in [2.24, 2.45) is 0 Å². The van der Waals surface area contributed by atoms with E-state index in [9.17, 15) is 4.79 Å². The fraction of sp³-hybridized carbons (Fsp3) is 0.250. The van der Waals surface area contributed by atoms with E-state index in [2.05, 4.69) is 15.5 Å². The first kappa shape index (κ1) is 19.1. The molecule has 1 aliphatic heterocycles. The zero-order valence-electron chi connectivity index (χ0n) is 16.0. The van der Waals surface area contributed by atoms with E-state index in [0.29, 0.717) is 23.2 Å². The molecule has 1 aromatic heterocycles. The van der Waals surface area contributed by atoms with E-state index in [4.69, 9.17) is 14.2 Å². The number of amides is 1. The van der Waals surface area contributed by atoms with Gasteiger partial charge in [-0.15, -0.1) is 10.2 Å². The van der Waals surface area contributed by atoms with Crippen LogP contribution in [0.25, 0.3) is 5.69 Å². The molecule has 4 rings (SSSR count). The zero-order valence-corrected chi connectivity index (χ0v) is 16.8. The second kappa shape index (κ2) is 8.44. The number of thioether (sulfide) groups is 1. The van der Waals surface area contributed by atoms with Crippen LogP contribution in [0.1, 0.15) is 12.5 Å². The molecule has 0 unspecified atom stereocenters. The molecular formula is C20H20N4O4S. The molecule has 3 aromatic rings. The molecule has 29 heavy (non-hydrogen) atoms. The van der Waals surface area contributed by atoms with Crippen molar-refractivity contribution in [2.75, 3.05) is 13.9 Å². The maximum Gasteiger partial charge on any atom is 0.233 e. The van der Waals surface area contributed by atoms with Crippen LogP contribution in [-0.4, -0.2) is 39.8 Å². The SMILES string of the molecule is COc1ccccc1-n1cnnc1S[C@@H](C)C(=O)NCc1ccc2c(c1)OCO2. The Kier molecular flexibility index (Phi) is 5.57. The van der Waals surface area contributed by atoms with E-state index in [1.807, 2.05) is 54.0 Å². The van der Waals surface area contributed by atoms with Crippen molar-refractivity contribution in [2.45, 2.75) is 23.9 Å². The molecule has 0 fully saturated rings. The van der Waals surface area contributed by atoms with Gasteiger partial charge in [-0.3, -0.25) is 9.36 Å². The van der Waals surface area contributed by atoms with Gasteiger partial charge in [0.15, 0.2) is 16.7 Å². The number of ether oxygens (including phenoxy) is 3. The summed E-state index contributed by atoms with van der Waals surface area (Å²) in [5.41, 5.74) is 1.76. The third-order valence-corrected chi connectivity index (χ3v) is 5.47. The van der Waals surface area contributed by atoms with Crippen LogP contribution in [0.15, 0.2) is 53.9 Å². The molecule has 0 saturated carbocycles. The van der Waals surface area contributed by atoms with Gasteiger partial charge >= 0.3 is 0 Å². The van der Waals surface area contributed by atoms with Crippen LogP contribution >= 0.6 is 11.8 Å². The van der Waals surface area contributed by atoms with E-state index >= 15 is 0 Å². The van der Waals surface area contributed by atoms with Gasteiger partial charge in [0.25, 0.3) is 0 Å². The molecule has 9 heteroatoms. The van der Waals surface area contributed by atoms with Crippen molar-refractivity contribution in [3.05, 3.63) is 54.4 Å². The molecule has 1 atom stereocenters. The van der Waals surface area contributed by atoms with Gasteiger partial charge in [-0.2, -0.15) is 0 Å². The van der Waals surface area contributed by atoms with Crippen LogP contribution in [0.2, 0.25) is 0 Å². The predicted octanol–water partition coefficient (Wildman–Crippen LogP) is 2.80. The molecule has 150 valence electrons. The first-order valence-corrected chi connectivity index (χ1v) is 9.90. The number of fused-ring (bicyclic) bond motifs is 1. The number of aromatic nitrogens is 3. The summed E-state index contributed by atoms with van der Waals surface area (Å²) in [7, 11) is 1.61. The molecule has 8 nitrogen and oxygen atoms in total. The minimum atomic E-state index is -0.360. The molecule has 1 N–H and O–H groups in total. The summed E-state index contributed by atoms with van der Waals surface area (Å²) < 4.78 is 17.9. The second-order valence-corrected chi connectivity index (χ2v) is 7.63. The Bertz CT molecular complexity index is 1020. The van der Waals surface area contributed by atoms with Gasteiger partial charge in [0.05, 0.1) is 18.0 Å². The molecular weight excluding hydrogens is 392 g/mol. The maximum absolute atomic E-state index is 12.6. The van der Waals surface area contributed by atoms with Crippen molar-refractivity contribution < 1.29 is 19.0 Å². The van der Waals surface area contributed by atoms with E-state index in [0.717, 1.165) is 17.0 Å². The van der Waals surface area contributed by atoms with Gasteiger partial charge in [0, 0.05) is 6.54 Å². The molecule has 0 aliphatic carbocycles. The lowest BCUT2D eigenvalue weighted by molar-refractivity contribution is -0.120. The van der Waals surface area contributed by atoms with Gasteiger partial charge in [-0.1, -0.05) is 30.0 Å². The van der Waals surface area contributed by atoms with E-state index in [1.165, 1.54) is 11.8 Å². The monoisotopic (exact) mass is 412 g/mol. The number of hydrogen-bond acceptors (Lipinski definition) is 7. The van der Waals surface area contributed by atoms with Gasteiger partial charge in [-0.25, -0.2) is 0 Å². The Morgan fingerprint density at radius 3 is 2.97 bits per heavy atom. The van der Waals surface area contributed by atoms with Crippen LogP contribution in [-0.2, 0) is 11.3 Å². The number of methoxy groups -OCH3 is 1. The first-order valence-electron chi connectivity index (χ1n) is 9.02. The number of para-hydroxylation sites is 2. The minimum absolute atomic E-state index is 0.0951. The summed E-state index contributed by atoms with van der Waals surface area (Å²) in [6, 6.07) is 13.2. The molecule has 1 amide bonds. The molecule has 2 heterocycles. The molecule has 0 spiro atoms. The lowest BCUT2D eigenvalue weighted by atomic mass is 10.2. The van der Waals surface area contributed by atoms with Crippen LogP contribution in [0, 0.1) is 0 Å². The maximum atomic E-state index is 12.6. The summed E-state index contributed by atoms with van der Waals surface area (Å²) in [5.74, 6) is 2.03. The van der Waals surface area contributed by atoms with Gasteiger partial charge in [0.2, 0.25) is 12.7 Å². The fourth-order valence-corrected chi connectivity index (χ4v) is 3.75. The minimum Gasteiger partial charge on any atom is -0.495 e. The van der Waals surface area contributed by atoms with Crippen LogP contribution < -0.4 is 19.5 Å². The summed E-state index contributed by atoms with van der Waals surface area (Å²) in [6.45, 7) is 2.46. The first-order chi connectivity index (χ1) is 14.2. The average molecular weight is 412 g/mol. The number of rotatable bonds is 7. The molecule has 0 radical (unpaired) electrons. The lowest BCUT2D eigenvalue weighted by Gasteiger charge is -2.14. The summed E-state index contributed by atoms with van der Waals surface area (Å²) in [6.07, 6.45) is 1.61. The fourth-order valence-electron chi connectivity index (χ4n) is 2.89. The number of benzene rings is 2. The molecule has 2 aromatic carbocycles. The number of carbonyl (C=O) groups excluding carboxylic acids is 1. The Labute approximate surface area is 172 Å². The standard InChI is InChI=1S/C20H20N4O4S/c1-13(19(25)21-10-14-7-8-17-18(9-14)28-12-27-17)29-20-23-22-11-24(20)15-5-3-4-6-16(15)26-2/h3-9,11,13H,10,12H2,1-2H3,(H,21,25)/t13-/m0/s1. The summed E-state index contributed by atoms with van der Waals surface area (Å²) >= 11 is 1.33. The third kappa shape index (κ3) is 4.14. The van der Waals surface area contributed by atoms with Crippen molar-refractivity contribution in [1.29, 1.82) is 0 Å². The van der Waals surface area contributed by atoms with Crippen molar-refractivity contribution in [1.82, 2.24) is 20.1 Å². The lowest BCUT2D eigenvalue weighted by Crippen LogP contribution is -2.30. The topological polar surface area (TPSA) is 87.5 Å². The molecule has 0 bridgehead atoms. The number of nitrogens with one attached hydrogen (secondary N) is 1. The normalized spacial score (nSPS) is 13.2. The van der Waals surface area contributed by atoms with E-state index in [-0.39, 0.29) is 18.0 Å². The quantitative estimate of drug-likeness (QED) is 0.597. The summed E-state index contributed by atoms with van der Waals surface area (Å²) in [4.78, 5) is 12.6. The molecule has 1 aliphatic rings. The Morgan fingerprint density at radius 1 is 1.28 bits per heavy atom. The van der Waals surface area contributed by atoms with Crippen LogP contribution in [0.4, 0.5) is 0 Å². The zero-order chi connectivity index (χ0) is 20.2. The third-order valence-electron chi connectivity index (χ3n) is 4.42. The smallest absolute Gasteiger partial charge is 0.233 e. The van der Waals surface area contributed by atoms with Gasteiger partial charge in [-0.05, 0) is 36.8 Å². The highest BCUT2D eigenvalue weighted by Crippen LogP contribution is 2.32. The highest BCUT2D eigenvalue weighted by Gasteiger charge is 2.20. The Morgan fingerprint density at radius 2 is 2.10 bits per heavy atom. The van der Waals surface area contributed by atoms with Gasteiger partial charge < -0.3 is 19.5 Å². The van der Waals surface area contributed by atoms with Crippen molar-refractivity contribution >= 4 is 17.7 Å². The summed E-state index contributed by atoms with van der Waals surface area (Å²) in [5, 5.41) is 11.3. The average Bonchev–Trinajstić information content (AvgIpc) is 3.40. The second-order valence-electron chi connectivity index (χ2n) is 6.32. The Balaban J connectivity index is 1.40. The highest BCUT2D eigenvalue weighted by molar-refractivity contribution is 8.00. The number of hydrogen-bond donors (Lipinski definition) is 1. The highest BCUT2D eigenvalue weighted by atomic mass is 32.2. The van der Waals surface area contributed by atoms with E-state index in [1.54, 1.807) is 13.4 Å². The predicted molar refractivity (Wildman–Crippen MR) is 108 cm³/mol. The molecule has 0 saturated heterocycles. The van der Waals surface area contributed by atoms with Gasteiger partial charge in [0.1, 0.15) is 12.1 Å². The Hall–Kier alpha value is -3.20. The van der Waals surface area contributed by atoms with Crippen molar-refractivity contribution in [3.8, 4) is 22.9 Å². The number of nitrogens with zero attached hydrogens (tertiary/aromatic N) is 3. The van der Waals surface area contributed by atoms with Crippen LogP contribution in [0.5, 0.6) is 17.2 Å². The number of carbonyl (C=O) groups is 1. The largest absolute Gasteiger partial charge is 0.495 e. The van der Waals surface area contributed by atoms with E-state index < -0.39 is 0 Å². The van der Waals surface area contributed by atoms with Crippen LogP contribution in [0.3, 0.4) is 0 Å². The van der Waals surface area contributed by atoms with Crippen molar-refractivity contribution in [3.63, 3.8) is 0 Å².